The summed E-state index contributed by atoms with van der Waals surface area (Å²) in [4.78, 5) is 40.0. The molecule has 1 aliphatic rings. The lowest BCUT2D eigenvalue weighted by molar-refractivity contribution is -0.385. The fraction of sp³-hybridized carbons (Fsp3) is 0.375. The quantitative estimate of drug-likeness (QED) is 0.149. The molecule has 0 unspecified atom stereocenters. The number of carbonyl (C=O) groups is 2. The Labute approximate surface area is 288 Å². The SMILES string of the molecule is CC[C@H](C(=O)NC1CCCC1)N(Cc1c(Cl)cccc1Cl)C(=O)CN(c1cc(Cl)ccc1OC)S(=O)(=O)c1ccc(C)c([N+](=O)[O-])c1. The van der Waals surface area contributed by atoms with E-state index >= 15 is 0 Å². The number of halogens is 3. The Morgan fingerprint density at radius 1 is 1.06 bits per heavy atom. The van der Waals surface area contributed by atoms with Crippen LogP contribution in [0.1, 0.15) is 50.2 Å². The standard InChI is InChI=1S/C32H35Cl3N4O7S/c1-4-27(32(41)36-22-8-5-6-9-22)37(18-24-25(34)10-7-11-26(24)35)31(40)19-38(29-16-21(33)13-15-30(29)46-3)47(44,45)23-14-12-20(2)28(17-23)39(42)43/h7,10-17,22,27H,4-6,8-9,18-19H2,1-3H3,(H,36,41)/t27-/m1/s1. The zero-order chi connectivity index (χ0) is 34.5. The number of rotatable bonds is 13. The Morgan fingerprint density at radius 3 is 2.32 bits per heavy atom. The summed E-state index contributed by atoms with van der Waals surface area (Å²) in [6.45, 7) is 2.20. The summed E-state index contributed by atoms with van der Waals surface area (Å²) in [6, 6.07) is 11.5. The third-order valence-electron chi connectivity index (χ3n) is 8.13. The molecule has 0 bridgehead atoms. The van der Waals surface area contributed by atoms with Crippen LogP contribution in [0.5, 0.6) is 5.75 Å². The summed E-state index contributed by atoms with van der Waals surface area (Å²) in [5, 5.41) is 15.4. The third kappa shape index (κ3) is 8.29. The number of sulfonamides is 1. The van der Waals surface area contributed by atoms with Gasteiger partial charge in [0, 0.05) is 44.8 Å². The van der Waals surface area contributed by atoms with Crippen molar-refractivity contribution in [2.45, 2.75) is 69.5 Å². The molecule has 0 aromatic heterocycles. The van der Waals surface area contributed by atoms with E-state index in [1.165, 1.54) is 49.3 Å². The number of nitro benzene ring substituents is 1. The Morgan fingerprint density at radius 2 is 1.72 bits per heavy atom. The molecular weight excluding hydrogens is 691 g/mol. The molecule has 1 saturated carbocycles. The van der Waals surface area contributed by atoms with Crippen LogP contribution in [0, 0.1) is 17.0 Å². The van der Waals surface area contributed by atoms with Gasteiger partial charge in [0.2, 0.25) is 11.8 Å². The fourth-order valence-corrected chi connectivity index (χ4v) is 7.71. The fourth-order valence-electron chi connectivity index (χ4n) is 5.59. The molecule has 1 N–H and O–H groups in total. The molecule has 0 spiro atoms. The van der Waals surface area contributed by atoms with Crippen molar-refractivity contribution in [2.24, 2.45) is 0 Å². The van der Waals surface area contributed by atoms with Gasteiger partial charge in [0.25, 0.3) is 15.7 Å². The molecule has 47 heavy (non-hydrogen) atoms. The predicted octanol–water partition coefficient (Wildman–Crippen LogP) is 6.93. The van der Waals surface area contributed by atoms with Gasteiger partial charge in [-0.1, -0.05) is 66.7 Å². The van der Waals surface area contributed by atoms with E-state index in [1.807, 2.05) is 0 Å². The van der Waals surface area contributed by atoms with E-state index in [-0.39, 0.29) is 57.0 Å². The van der Waals surface area contributed by atoms with Crippen LogP contribution in [0.15, 0.2) is 59.5 Å². The Kier molecular flexibility index (Phi) is 12.0. The van der Waals surface area contributed by atoms with Crippen LogP contribution in [-0.4, -0.2) is 55.8 Å². The second-order valence-corrected chi connectivity index (χ2v) is 14.3. The number of ether oxygens (including phenoxy) is 1. The highest BCUT2D eigenvalue weighted by atomic mass is 35.5. The van der Waals surface area contributed by atoms with Gasteiger partial charge < -0.3 is 15.0 Å². The van der Waals surface area contributed by atoms with Gasteiger partial charge >= 0.3 is 0 Å². The number of methoxy groups -OCH3 is 1. The van der Waals surface area contributed by atoms with Crippen LogP contribution in [-0.2, 0) is 26.2 Å². The van der Waals surface area contributed by atoms with Gasteiger partial charge in [-0.3, -0.25) is 24.0 Å². The van der Waals surface area contributed by atoms with E-state index in [4.69, 9.17) is 39.5 Å². The normalized spacial score (nSPS) is 14.0. The first-order valence-corrected chi connectivity index (χ1v) is 17.5. The maximum Gasteiger partial charge on any atom is 0.273 e. The molecule has 3 aromatic carbocycles. The summed E-state index contributed by atoms with van der Waals surface area (Å²) >= 11 is 19.3. The molecule has 2 amide bonds. The lowest BCUT2D eigenvalue weighted by atomic mass is 10.1. The highest BCUT2D eigenvalue weighted by molar-refractivity contribution is 7.92. The molecular formula is C32H35Cl3N4O7S. The monoisotopic (exact) mass is 724 g/mol. The second kappa shape index (κ2) is 15.5. The van der Waals surface area contributed by atoms with Gasteiger partial charge in [-0.15, -0.1) is 0 Å². The number of aryl methyl sites for hydroxylation is 1. The van der Waals surface area contributed by atoms with Crippen LogP contribution >= 0.6 is 34.8 Å². The number of hydrogen-bond acceptors (Lipinski definition) is 7. The van der Waals surface area contributed by atoms with Crippen molar-refractivity contribution < 1.29 is 27.7 Å². The van der Waals surface area contributed by atoms with Crippen LogP contribution < -0.4 is 14.4 Å². The average Bonchev–Trinajstić information content (AvgIpc) is 3.54. The molecule has 0 heterocycles. The van der Waals surface area contributed by atoms with Crippen LogP contribution in [0.25, 0.3) is 0 Å². The minimum Gasteiger partial charge on any atom is -0.495 e. The van der Waals surface area contributed by atoms with Crippen LogP contribution in [0.3, 0.4) is 0 Å². The third-order valence-corrected chi connectivity index (χ3v) is 10.8. The first-order valence-electron chi connectivity index (χ1n) is 14.9. The van der Waals surface area contributed by atoms with Gasteiger partial charge in [-0.25, -0.2) is 8.42 Å². The number of benzene rings is 3. The molecule has 0 saturated heterocycles. The topological polar surface area (TPSA) is 139 Å². The number of hydrogen-bond donors (Lipinski definition) is 1. The zero-order valence-electron chi connectivity index (χ0n) is 26.0. The van der Waals surface area contributed by atoms with E-state index in [0.717, 1.165) is 36.1 Å². The Balaban J connectivity index is 1.84. The maximum atomic E-state index is 14.5. The van der Waals surface area contributed by atoms with Gasteiger partial charge in [0.05, 0.1) is 22.6 Å². The molecule has 4 rings (SSSR count). The van der Waals surface area contributed by atoms with Gasteiger partial charge in [0.15, 0.2) is 0 Å². The smallest absolute Gasteiger partial charge is 0.273 e. The minimum absolute atomic E-state index is 0.0395. The number of carbonyl (C=O) groups excluding carboxylic acids is 2. The predicted molar refractivity (Wildman–Crippen MR) is 182 cm³/mol. The van der Waals surface area contributed by atoms with Gasteiger partial charge in [0.1, 0.15) is 18.3 Å². The lowest BCUT2D eigenvalue weighted by Gasteiger charge is -2.34. The largest absolute Gasteiger partial charge is 0.495 e. The highest BCUT2D eigenvalue weighted by Gasteiger charge is 2.36. The summed E-state index contributed by atoms with van der Waals surface area (Å²) in [6.07, 6.45) is 3.78. The summed E-state index contributed by atoms with van der Waals surface area (Å²) in [5.41, 5.74) is 0.120. The van der Waals surface area contributed by atoms with E-state index in [1.54, 1.807) is 25.1 Å². The van der Waals surface area contributed by atoms with E-state index in [2.05, 4.69) is 5.32 Å². The average molecular weight is 726 g/mol. The summed E-state index contributed by atoms with van der Waals surface area (Å²) < 4.78 is 34.9. The Bertz CT molecular complexity index is 1750. The molecule has 0 radical (unpaired) electrons. The lowest BCUT2D eigenvalue weighted by Crippen LogP contribution is -2.53. The summed E-state index contributed by atoms with van der Waals surface area (Å²) in [5.74, 6) is -1.08. The number of nitrogens with zero attached hydrogens (tertiary/aromatic N) is 3. The zero-order valence-corrected chi connectivity index (χ0v) is 29.1. The van der Waals surface area contributed by atoms with E-state index in [0.29, 0.717) is 5.56 Å². The maximum absolute atomic E-state index is 14.5. The van der Waals surface area contributed by atoms with Crippen molar-refractivity contribution in [3.8, 4) is 5.75 Å². The van der Waals surface area contributed by atoms with Crippen LogP contribution in [0.2, 0.25) is 15.1 Å². The van der Waals surface area contributed by atoms with E-state index < -0.39 is 44.0 Å². The van der Waals surface area contributed by atoms with Gasteiger partial charge in [-0.2, -0.15) is 0 Å². The molecule has 1 atom stereocenters. The molecule has 15 heteroatoms. The van der Waals surface area contributed by atoms with Crippen molar-refractivity contribution in [1.82, 2.24) is 10.2 Å². The van der Waals surface area contributed by atoms with Crippen molar-refractivity contribution >= 4 is 68.0 Å². The van der Waals surface area contributed by atoms with Crippen molar-refractivity contribution in [1.29, 1.82) is 0 Å². The van der Waals surface area contributed by atoms with Crippen molar-refractivity contribution in [3.05, 3.63) is 90.9 Å². The molecule has 1 aliphatic carbocycles. The first-order chi connectivity index (χ1) is 22.3. The van der Waals surface area contributed by atoms with Crippen molar-refractivity contribution in [2.75, 3.05) is 18.0 Å². The summed E-state index contributed by atoms with van der Waals surface area (Å²) in [7, 11) is -3.35. The number of nitrogens with one attached hydrogen (secondary N) is 1. The molecule has 11 nitrogen and oxygen atoms in total. The molecule has 0 aliphatic heterocycles. The van der Waals surface area contributed by atoms with E-state index in [9.17, 15) is 28.1 Å². The number of amides is 2. The van der Waals surface area contributed by atoms with Gasteiger partial charge in [-0.05, 0) is 62.6 Å². The molecule has 252 valence electrons. The molecule has 3 aromatic rings. The molecule has 1 fully saturated rings. The van der Waals surface area contributed by atoms with Crippen LogP contribution in [0.4, 0.5) is 11.4 Å². The minimum atomic E-state index is -4.68. The first kappa shape index (κ1) is 36.3. The highest BCUT2D eigenvalue weighted by Crippen LogP contribution is 2.36. The Hall–Kier alpha value is -3.58. The number of anilines is 1. The second-order valence-electron chi connectivity index (χ2n) is 11.2. The van der Waals surface area contributed by atoms with Crippen molar-refractivity contribution in [3.63, 3.8) is 0 Å². The number of nitro groups is 1.